The fourth-order valence-corrected chi connectivity index (χ4v) is 3.58. The molecule has 1 aliphatic rings. The second-order valence-electron chi connectivity index (χ2n) is 6.30. The van der Waals surface area contributed by atoms with Crippen LogP contribution in [-0.2, 0) is 11.3 Å². The third-order valence-corrected chi connectivity index (χ3v) is 4.91. The first-order chi connectivity index (χ1) is 12.2. The molecule has 0 amide bonds. The maximum atomic E-state index is 11.9. The Morgan fingerprint density at radius 1 is 1.36 bits per heavy atom. The van der Waals surface area contributed by atoms with Gasteiger partial charge < -0.3 is 9.64 Å². The lowest BCUT2D eigenvalue weighted by atomic mass is 9.98. The minimum atomic E-state index is -0.302. The van der Waals surface area contributed by atoms with Gasteiger partial charge in [-0.1, -0.05) is 13.0 Å². The summed E-state index contributed by atoms with van der Waals surface area (Å²) in [6.07, 6.45) is 8.40. The Labute approximate surface area is 146 Å². The maximum Gasteiger partial charge on any atom is 0.337 e. The molecule has 25 heavy (non-hydrogen) atoms. The molecule has 0 N–H and O–H groups in total. The zero-order valence-corrected chi connectivity index (χ0v) is 14.3. The fourth-order valence-electron chi connectivity index (χ4n) is 3.58. The summed E-state index contributed by atoms with van der Waals surface area (Å²) in [6.45, 7) is 3.88. The Morgan fingerprint density at radius 3 is 3.04 bits per heavy atom. The molecule has 0 fully saturated rings. The smallest absolute Gasteiger partial charge is 0.337 e. The van der Waals surface area contributed by atoms with E-state index in [1.54, 1.807) is 12.4 Å². The summed E-state index contributed by atoms with van der Waals surface area (Å²) in [5, 5.41) is 0. The van der Waals surface area contributed by atoms with Crippen molar-refractivity contribution in [2.45, 2.75) is 25.8 Å². The van der Waals surface area contributed by atoms with Crippen LogP contribution < -0.4 is 4.90 Å². The number of carbonyl (C=O) groups excluding carboxylic acids is 1. The summed E-state index contributed by atoms with van der Waals surface area (Å²) >= 11 is 0. The van der Waals surface area contributed by atoms with Gasteiger partial charge >= 0.3 is 5.97 Å². The largest absolute Gasteiger partial charge is 0.465 e. The van der Waals surface area contributed by atoms with Crippen LogP contribution in [0.4, 0.5) is 5.69 Å². The number of hydrogen-bond donors (Lipinski definition) is 0. The molecule has 0 saturated carbocycles. The fraction of sp³-hybridized carbons (Fsp3) is 0.316. The number of rotatable bonds is 4. The van der Waals surface area contributed by atoms with Gasteiger partial charge in [-0.2, -0.15) is 0 Å². The first kappa shape index (κ1) is 15.6. The molecule has 0 radical (unpaired) electrons. The molecule has 3 heterocycles. The highest BCUT2D eigenvalue weighted by Crippen LogP contribution is 2.39. The van der Waals surface area contributed by atoms with Crippen molar-refractivity contribution in [2.24, 2.45) is 0 Å². The van der Waals surface area contributed by atoms with Gasteiger partial charge in [0.1, 0.15) is 0 Å². The van der Waals surface area contributed by atoms with E-state index in [1.807, 2.05) is 24.5 Å². The highest BCUT2D eigenvalue weighted by atomic mass is 16.5. The predicted molar refractivity (Wildman–Crippen MR) is 94.9 cm³/mol. The molecule has 1 atom stereocenters. The lowest BCUT2D eigenvalue weighted by Gasteiger charge is -2.20. The van der Waals surface area contributed by atoms with E-state index >= 15 is 0 Å². The van der Waals surface area contributed by atoms with E-state index < -0.39 is 0 Å². The quantitative estimate of drug-likeness (QED) is 0.686. The van der Waals surface area contributed by atoms with Gasteiger partial charge in [-0.3, -0.25) is 9.38 Å². The Balaban J connectivity index is 1.71. The van der Waals surface area contributed by atoms with Crippen molar-refractivity contribution in [3.8, 4) is 0 Å². The molecule has 4 rings (SSSR count). The van der Waals surface area contributed by atoms with Crippen molar-refractivity contribution in [3.63, 3.8) is 0 Å². The van der Waals surface area contributed by atoms with Crippen molar-refractivity contribution in [1.29, 1.82) is 0 Å². The molecule has 0 spiro atoms. The van der Waals surface area contributed by atoms with E-state index in [0.717, 1.165) is 36.5 Å². The van der Waals surface area contributed by atoms with Gasteiger partial charge in [0.25, 0.3) is 0 Å². The Morgan fingerprint density at radius 2 is 2.24 bits per heavy atom. The Bertz CT molecular complexity index is 934. The molecule has 1 aliphatic heterocycles. The number of fused-ring (bicyclic) bond motifs is 2. The highest BCUT2D eigenvalue weighted by Gasteiger charge is 2.29. The molecule has 0 aliphatic carbocycles. The van der Waals surface area contributed by atoms with E-state index in [2.05, 4.69) is 32.3 Å². The van der Waals surface area contributed by atoms with Crippen LogP contribution in [0.1, 0.15) is 40.9 Å². The number of imidazole rings is 1. The molecule has 3 aromatic rings. The molecule has 0 bridgehead atoms. The van der Waals surface area contributed by atoms with Crippen LogP contribution in [0.5, 0.6) is 0 Å². The predicted octanol–water partition coefficient (Wildman–Crippen LogP) is 3.03. The van der Waals surface area contributed by atoms with Gasteiger partial charge in [0.2, 0.25) is 0 Å². The summed E-state index contributed by atoms with van der Waals surface area (Å²) in [6, 6.07) is 5.87. The zero-order valence-electron chi connectivity index (χ0n) is 14.3. The van der Waals surface area contributed by atoms with Crippen molar-refractivity contribution in [1.82, 2.24) is 14.4 Å². The Hall–Kier alpha value is -2.89. The van der Waals surface area contributed by atoms with Crippen molar-refractivity contribution >= 4 is 17.3 Å². The van der Waals surface area contributed by atoms with Gasteiger partial charge in [-0.25, -0.2) is 9.78 Å². The lowest BCUT2D eigenvalue weighted by molar-refractivity contribution is 0.0601. The number of methoxy groups -OCH3 is 1. The monoisotopic (exact) mass is 336 g/mol. The molecule has 0 saturated heterocycles. The molecule has 1 unspecified atom stereocenters. The van der Waals surface area contributed by atoms with Gasteiger partial charge in [0.15, 0.2) is 5.65 Å². The summed E-state index contributed by atoms with van der Waals surface area (Å²) in [4.78, 5) is 22.7. The first-order valence-electron chi connectivity index (χ1n) is 8.44. The molecular weight excluding hydrogens is 316 g/mol. The van der Waals surface area contributed by atoms with Crippen LogP contribution in [0.3, 0.4) is 0 Å². The number of hydrogen-bond acceptors (Lipinski definition) is 5. The zero-order chi connectivity index (χ0) is 17.4. The topological polar surface area (TPSA) is 59.7 Å². The van der Waals surface area contributed by atoms with Crippen molar-refractivity contribution in [3.05, 3.63) is 59.8 Å². The molecule has 128 valence electrons. The number of anilines is 1. The van der Waals surface area contributed by atoms with Crippen LogP contribution in [-0.4, -0.2) is 34.0 Å². The van der Waals surface area contributed by atoms with Gasteiger partial charge in [-0.15, -0.1) is 0 Å². The maximum absolute atomic E-state index is 11.9. The summed E-state index contributed by atoms with van der Waals surface area (Å²) in [5.41, 5.74) is 4.94. The lowest BCUT2D eigenvalue weighted by Crippen LogP contribution is -2.22. The number of aromatic nitrogens is 3. The summed E-state index contributed by atoms with van der Waals surface area (Å²) < 4.78 is 6.92. The minimum Gasteiger partial charge on any atom is -0.465 e. The number of carbonyl (C=O) groups is 1. The average Bonchev–Trinajstić information content (AvgIpc) is 3.22. The van der Waals surface area contributed by atoms with E-state index in [9.17, 15) is 4.79 Å². The van der Waals surface area contributed by atoms with Crippen molar-refractivity contribution < 1.29 is 9.53 Å². The van der Waals surface area contributed by atoms with Gasteiger partial charge in [-0.05, 0) is 24.1 Å². The minimum absolute atomic E-state index is 0.302. The third-order valence-electron chi connectivity index (χ3n) is 4.91. The van der Waals surface area contributed by atoms with Gasteiger partial charge in [0, 0.05) is 30.5 Å². The van der Waals surface area contributed by atoms with E-state index in [4.69, 9.17) is 4.74 Å². The highest BCUT2D eigenvalue weighted by molar-refractivity contribution is 5.91. The van der Waals surface area contributed by atoms with Crippen LogP contribution in [0.15, 0.2) is 43.0 Å². The standard InChI is InChI=1S/C19H20N4O2/c1-3-13-11-22(12-15-9-21-18-10-20-6-7-23(15)18)17-8-14(19(24)25-2)4-5-16(13)17/h4-10,13H,3,11-12H2,1-2H3. The van der Waals surface area contributed by atoms with E-state index in [1.165, 1.54) is 12.7 Å². The van der Waals surface area contributed by atoms with Crippen molar-refractivity contribution in [2.75, 3.05) is 18.6 Å². The molecule has 2 aromatic heterocycles. The number of benzene rings is 1. The average molecular weight is 336 g/mol. The SMILES string of the molecule is CCC1CN(Cc2cnc3cnccn23)c2cc(C(=O)OC)ccc21. The second kappa shape index (κ2) is 6.20. The van der Waals surface area contributed by atoms with E-state index in [-0.39, 0.29) is 5.97 Å². The Kier molecular flexibility index (Phi) is 3.87. The van der Waals surface area contributed by atoms with Crippen LogP contribution >= 0.6 is 0 Å². The first-order valence-corrected chi connectivity index (χ1v) is 8.44. The van der Waals surface area contributed by atoms with E-state index in [0.29, 0.717) is 11.5 Å². The summed E-state index contributed by atoms with van der Waals surface area (Å²) in [7, 11) is 1.41. The van der Waals surface area contributed by atoms with Crippen LogP contribution in [0.2, 0.25) is 0 Å². The number of ether oxygens (including phenoxy) is 1. The molecule has 6 heteroatoms. The number of esters is 1. The third kappa shape index (κ3) is 2.63. The second-order valence-corrected chi connectivity index (χ2v) is 6.30. The normalized spacial score (nSPS) is 16.2. The van der Waals surface area contributed by atoms with Gasteiger partial charge in [0.05, 0.1) is 37.3 Å². The van der Waals surface area contributed by atoms with Crippen LogP contribution in [0.25, 0.3) is 5.65 Å². The van der Waals surface area contributed by atoms with Crippen LogP contribution in [0, 0.1) is 0 Å². The molecular formula is C19H20N4O2. The summed E-state index contributed by atoms with van der Waals surface area (Å²) in [5.74, 6) is 0.172. The molecule has 6 nitrogen and oxygen atoms in total. The molecule has 1 aromatic carbocycles. The number of nitrogens with zero attached hydrogens (tertiary/aromatic N) is 4.